The Morgan fingerprint density at radius 1 is 1.11 bits per heavy atom. The zero-order valence-corrected chi connectivity index (χ0v) is 16.6. The lowest BCUT2D eigenvalue weighted by molar-refractivity contribution is 0.117. The summed E-state index contributed by atoms with van der Waals surface area (Å²) in [4.78, 5) is 2.53. The highest BCUT2D eigenvalue weighted by atomic mass is 19.1. The molecule has 2 aliphatic rings. The van der Waals surface area contributed by atoms with Crippen LogP contribution in [0.1, 0.15) is 54.4 Å². The molecule has 0 radical (unpaired) electrons. The molecule has 0 spiro atoms. The van der Waals surface area contributed by atoms with Crippen molar-refractivity contribution in [2.45, 2.75) is 44.1 Å². The first-order chi connectivity index (χ1) is 13.6. The zero-order chi connectivity index (χ0) is 19.5. The number of fused-ring (bicyclic) bond motifs is 1. The summed E-state index contributed by atoms with van der Waals surface area (Å²) in [5, 5.41) is 10.8. The lowest BCUT2D eigenvalue weighted by atomic mass is 9.88. The summed E-state index contributed by atoms with van der Waals surface area (Å²) in [6.45, 7) is 3.12. The molecule has 4 heteroatoms. The van der Waals surface area contributed by atoms with Gasteiger partial charge in [0.2, 0.25) is 0 Å². The Balaban J connectivity index is 1.35. The fraction of sp³-hybridized carbons (Fsp3) is 0.500. The van der Waals surface area contributed by atoms with Crippen LogP contribution < -0.4 is 4.74 Å². The molecule has 0 saturated carbocycles. The van der Waals surface area contributed by atoms with Crippen molar-refractivity contribution in [3.8, 4) is 5.75 Å². The van der Waals surface area contributed by atoms with Gasteiger partial charge in [0, 0.05) is 6.54 Å². The molecular formula is C24H30FNO2. The number of hydrogen-bond donors (Lipinski definition) is 1. The third kappa shape index (κ3) is 4.23. The average Bonchev–Trinajstić information content (AvgIpc) is 2.87. The number of aliphatic hydroxyl groups is 1. The molecule has 2 aromatic rings. The van der Waals surface area contributed by atoms with Gasteiger partial charge in [-0.05, 0) is 91.9 Å². The maximum Gasteiger partial charge on any atom is 0.123 e. The van der Waals surface area contributed by atoms with E-state index in [1.807, 2.05) is 24.3 Å². The van der Waals surface area contributed by atoms with Gasteiger partial charge in [-0.1, -0.05) is 24.3 Å². The van der Waals surface area contributed by atoms with Crippen molar-refractivity contribution in [3.05, 3.63) is 65.0 Å². The van der Waals surface area contributed by atoms with Crippen LogP contribution in [0.3, 0.4) is 0 Å². The predicted octanol–water partition coefficient (Wildman–Crippen LogP) is 4.70. The fourth-order valence-corrected chi connectivity index (χ4v) is 5.00. The van der Waals surface area contributed by atoms with Crippen LogP contribution in [0.25, 0.3) is 0 Å². The molecule has 1 saturated heterocycles. The van der Waals surface area contributed by atoms with E-state index in [2.05, 4.69) is 11.0 Å². The van der Waals surface area contributed by atoms with Crippen molar-refractivity contribution in [1.29, 1.82) is 0 Å². The summed E-state index contributed by atoms with van der Waals surface area (Å²) in [5.41, 5.74) is 3.34. The molecule has 150 valence electrons. The minimum absolute atomic E-state index is 0.137. The van der Waals surface area contributed by atoms with Gasteiger partial charge in [0.1, 0.15) is 11.6 Å². The first-order valence-corrected chi connectivity index (χ1v) is 10.5. The van der Waals surface area contributed by atoms with E-state index < -0.39 is 6.10 Å². The Hall–Kier alpha value is -1.91. The lowest BCUT2D eigenvalue weighted by Crippen LogP contribution is -2.36. The predicted molar refractivity (Wildman–Crippen MR) is 109 cm³/mol. The van der Waals surface area contributed by atoms with Crippen molar-refractivity contribution >= 4 is 0 Å². The topological polar surface area (TPSA) is 32.7 Å². The molecule has 0 unspecified atom stereocenters. The molecule has 4 rings (SSSR count). The van der Waals surface area contributed by atoms with E-state index in [0.29, 0.717) is 11.8 Å². The van der Waals surface area contributed by atoms with Crippen LogP contribution in [0.15, 0.2) is 42.5 Å². The summed E-state index contributed by atoms with van der Waals surface area (Å²) >= 11 is 0. The second-order valence-corrected chi connectivity index (χ2v) is 8.31. The van der Waals surface area contributed by atoms with Crippen molar-refractivity contribution in [3.63, 3.8) is 0 Å². The van der Waals surface area contributed by atoms with E-state index in [1.54, 1.807) is 13.2 Å². The third-order valence-corrected chi connectivity index (χ3v) is 6.53. The lowest BCUT2D eigenvalue weighted by Gasteiger charge is -2.34. The number of halogens is 1. The highest BCUT2D eigenvalue weighted by Crippen LogP contribution is 2.37. The average molecular weight is 384 g/mol. The normalized spacial score (nSPS) is 23.8. The number of nitrogens with zero attached hydrogens (tertiary/aromatic N) is 1. The Bertz CT molecular complexity index is 801. The molecule has 2 atom stereocenters. The van der Waals surface area contributed by atoms with Gasteiger partial charge in [0.15, 0.2) is 0 Å². The Kier molecular flexibility index (Phi) is 5.98. The number of benzene rings is 2. The van der Waals surface area contributed by atoms with Crippen LogP contribution in [-0.2, 0) is 6.42 Å². The highest BCUT2D eigenvalue weighted by molar-refractivity contribution is 5.42. The minimum Gasteiger partial charge on any atom is -0.496 e. The molecule has 1 N–H and O–H groups in total. The summed E-state index contributed by atoms with van der Waals surface area (Å²) in [7, 11) is 1.70. The zero-order valence-electron chi connectivity index (χ0n) is 16.6. The maximum atomic E-state index is 13.5. The van der Waals surface area contributed by atoms with Crippen molar-refractivity contribution in [2.75, 3.05) is 26.7 Å². The van der Waals surface area contributed by atoms with E-state index in [0.717, 1.165) is 68.6 Å². The Labute approximate surface area is 167 Å². The van der Waals surface area contributed by atoms with Gasteiger partial charge in [0.05, 0.1) is 13.2 Å². The van der Waals surface area contributed by atoms with E-state index in [9.17, 15) is 9.50 Å². The quantitative estimate of drug-likeness (QED) is 0.777. The molecule has 28 heavy (non-hydrogen) atoms. The van der Waals surface area contributed by atoms with Crippen molar-refractivity contribution in [1.82, 2.24) is 4.90 Å². The number of likely N-dealkylation sites (tertiary alicyclic amines) is 1. The van der Waals surface area contributed by atoms with Crippen LogP contribution in [0.4, 0.5) is 4.39 Å². The first-order valence-electron chi connectivity index (χ1n) is 10.5. The summed E-state index contributed by atoms with van der Waals surface area (Å²) < 4.78 is 19.0. The van der Waals surface area contributed by atoms with Gasteiger partial charge in [-0.2, -0.15) is 0 Å². The van der Waals surface area contributed by atoms with Crippen molar-refractivity contribution < 1.29 is 14.2 Å². The molecule has 0 aromatic heterocycles. The number of piperidine rings is 1. The molecule has 1 aliphatic heterocycles. The van der Waals surface area contributed by atoms with Gasteiger partial charge >= 0.3 is 0 Å². The second-order valence-electron chi connectivity index (χ2n) is 8.31. The Morgan fingerprint density at radius 2 is 1.89 bits per heavy atom. The van der Waals surface area contributed by atoms with Crippen molar-refractivity contribution in [2.24, 2.45) is 5.92 Å². The standard InChI is InChI=1S/C24H30FNO2/c1-28-24-7-3-6-21-22(24)9-8-17(14-23(21)27)16-26-12-10-18(11-13-26)19-4-2-5-20(25)15-19/h2-7,15,17-18,23,27H,8-14,16H2,1H3/t17-,23-/m0/s1. The van der Waals surface area contributed by atoms with Gasteiger partial charge in [-0.25, -0.2) is 4.39 Å². The van der Waals surface area contributed by atoms with E-state index in [1.165, 1.54) is 11.6 Å². The monoisotopic (exact) mass is 383 g/mol. The molecule has 1 aliphatic carbocycles. The highest BCUT2D eigenvalue weighted by Gasteiger charge is 2.28. The number of aliphatic hydroxyl groups excluding tert-OH is 1. The van der Waals surface area contributed by atoms with E-state index >= 15 is 0 Å². The fourth-order valence-electron chi connectivity index (χ4n) is 5.00. The van der Waals surface area contributed by atoms with Gasteiger partial charge in [-0.15, -0.1) is 0 Å². The van der Waals surface area contributed by atoms with Gasteiger partial charge in [-0.3, -0.25) is 0 Å². The van der Waals surface area contributed by atoms with Crippen LogP contribution >= 0.6 is 0 Å². The SMILES string of the molecule is COc1cccc2c1CC[C@H](CN1CCC(c3cccc(F)c3)CC1)C[C@@H]2O. The molecule has 2 aromatic carbocycles. The first kappa shape index (κ1) is 19.4. The molecule has 0 amide bonds. The van der Waals surface area contributed by atoms with Crippen LogP contribution in [-0.4, -0.2) is 36.8 Å². The molecule has 1 heterocycles. The van der Waals surface area contributed by atoms with Crippen LogP contribution in [0.5, 0.6) is 5.75 Å². The number of rotatable bonds is 4. The molecule has 1 fully saturated rings. The molecule has 0 bridgehead atoms. The third-order valence-electron chi connectivity index (χ3n) is 6.53. The van der Waals surface area contributed by atoms with E-state index in [-0.39, 0.29) is 5.82 Å². The smallest absolute Gasteiger partial charge is 0.123 e. The molecular weight excluding hydrogens is 353 g/mol. The summed E-state index contributed by atoms with van der Waals surface area (Å²) in [6, 6.07) is 13.1. The van der Waals surface area contributed by atoms with Crippen LogP contribution in [0.2, 0.25) is 0 Å². The number of hydrogen-bond acceptors (Lipinski definition) is 3. The summed E-state index contributed by atoms with van der Waals surface area (Å²) in [6.07, 6.45) is 4.58. The maximum absolute atomic E-state index is 13.5. The van der Waals surface area contributed by atoms with E-state index in [4.69, 9.17) is 4.74 Å². The Morgan fingerprint density at radius 3 is 2.64 bits per heavy atom. The van der Waals surface area contributed by atoms with Gasteiger partial charge in [0.25, 0.3) is 0 Å². The number of methoxy groups -OCH3 is 1. The largest absolute Gasteiger partial charge is 0.496 e. The molecule has 3 nitrogen and oxygen atoms in total. The second kappa shape index (κ2) is 8.62. The summed E-state index contributed by atoms with van der Waals surface area (Å²) in [5.74, 6) is 1.70. The number of ether oxygens (including phenoxy) is 1. The minimum atomic E-state index is -0.414. The van der Waals surface area contributed by atoms with Gasteiger partial charge < -0.3 is 14.7 Å². The van der Waals surface area contributed by atoms with Crippen LogP contribution in [0, 0.1) is 11.7 Å².